The molecule has 2 atom stereocenters. The van der Waals surface area contributed by atoms with Crippen LogP contribution >= 0.6 is 0 Å². The average Bonchev–Trinajstić information content (AvgIpc) is 3.25. The van der Waals surface area contributed by atoms with Crippen LogP contribution in [0.1, 0.15) is 49.2 Å². The largest absolute Gasteiger partial charge is 0.344 e. The first kappa shape index (κ1) is 18.3. The van der Waals surface area contributed by atoms with E-state index in [0.717, 1.165) is 38.0 Å². The fraction of sp³-hybridized carbons (Fsp3) is 0.500. The number of carbonyl (C=O) groups excluding carboxylic acids is 2. The molecule has 0 aromatic carbocycles. The number of likely N-dealkylation sites (tertiary alicyclic amines) is 1. The highest BCUT2D eigenvalue weighted by atomic mass is 16.2. The predicted molar refractivity (Wildman–Crippen MR) is 101 cm³/mol. The molecular formula is C20H26N4O2. The zero-order valence-corrected chi connectivity index (χ0v) is 15.5. The summed E-state index contributed by atoms with van der Waals surface area (Å²) < 4.78 is 0. The molecule has 1 aliphatic heterocycles. The Morgan fingerprint density at radius 2 is 2.12 bits per heavy atom. The van der Waals surface area contributed by atoms with Crippen LogP contribution in [0.25, 0.3) is 11.2 Å². The van der Waals surface area contributed by atoms with Crippen LogP contribution in [-0.4, -0.2) is 44.6 Å². The summed E-state index contributed by atoms with van der Waals surface area (Å²) in [6.45, 7) is 9.22. The Balaban J connectivity index is 1.82. The highest BCUT2D eigenvalue weighted by molar-refractivity contribution is 6.05. The van der Waals surface area contributed by atoms with Crippen LogP contribution in [-0.2, 0) is 11.2 Å². The van der Waals surface area contributed by atoms with Crippen LogP contribution in [0, 0.1) is 11.8 Å². The van der Waals surface area contributed by atoms with Gasteiger partial charge in [-0.25, -0.2) is 9.97 Å². The quantitative estimate of drug-likeness (QED) is 0.612. The van der Waals surface area contributed by atoms with E-state index in [0.29, 0.717) is 35.0 Å². The maximum Gasteiger partial charge on any atom is 0.245 e. The van der Waals surface area contributed by atoms with Gasteiger partial charge in [0.1, 0.15) is 5.52 Å². The number of aromatic nitrogens is 3. The number of rotatable bonds is 7. The number of H-pyrrole nitrogens is 1. The number of ketones is 1. The Labute approximate surface area is 153 Å². The number of Topliss-reactive ketones (excluding diaryl/α,β-unsaturated/α-hetero) is 1. The Hall–Kier alpha value is -2.50. The molecule has 1 fully saturated rings. The molecule has 0 unspecified atom stereocenters. The van der Waals surface area contributed by atoms with Crippen LogP contribution in [0.4, 0.5) is 0 Å². The number of amides is 1. The molecular weight excluding hydrogens is 328 g/mol. The van der Waals surface area contributed by atoms with Gasteiger partial charge >= 0.3 is 0 Å². The Morgan fingerprint density at radius 1 is 1.35 bits per heavy atom. The molecule has 1 N–H and O–H groups in total. The monoisotopic (exact) mass is 354 g/mol. The third-order valence-corrected chi connectivity index (χ3v) is 5.27. The topological polar surface area (TPSA) is 79.0 Å². The zero-order valence-electron chi connectivity index (χ0n) is 15.5. The van der Waals surface area contributed by atoms with Crippen molar-refractivity contribution in [2.24, 2.45) is 11.8 Å². The standard InChI is InChI=1S/C20H26N4O2/c1-4-7-17(25)16-10-22-20-19(16)23-15(9-21-20)8-14-12-24(18(26)6-3)11-13(14)5-2/h6,9-10,13-14H,3-5,7-8,11-12H2,1-2H3,(H,21,22)/t13-,14+/m1/s1. The summed E-state index contributed by atoms with van der Waals surface area (Å²) in [4.78, 5) is 38.3. The second-order valence-electron chi connectivity index (χ2n) is 7.01. The maximum absolute atomic E-state index is 12.3. The van der Waals surface area contributed by atoms with Gasteiger partial charge in [0.15, 0.2) is 11.4 Å². The summed E-state index contributed by atoms with van der Waals surface area (Å²) in [6.07, 6.45) is 7.97. The number of nitrogens with one attached hydrogen (secondary N) is 1. The SMILES string of the molecule is C=CC(=O)N1C[C@@H](CC)[C@@H](Cc2cnc3[nH]cc(C(=O)CCC)c3n2)C1. The Kier molecular flexibility index (Phi) is 5.49. The Bertz CT molecular complexity index is 826. The van der Waals surface area contributed by atoms with Gasteiger partial charge in [-0.2, -0.15) is 0 Å². The maximum atomic E-state index is 12.3. The highest BCUT2D eigenvalue weighted by Gasteiger charge is 2.33. The van der Waals surface area contributed by atoms with E-state index in [2.05, 4.69) is 23.5 Å². The van der Waals surface area contributed by atoms with E-state index in [9.17, 15) is 9.59 Å². The fourth-order valence-corrected chi connectivity index (χ4v) is 3.81. The van der Waals surface area contributed by atoms with Gasteiger partial charge < -0.3 is 9.88 Å². The summed E-state index contributed by atoms with van der Waals surface area (Å²) in [7, 11) is 0. The van der Waals surface area contributed by atoms with Crippen LogP contribution in [0.2, 0.25) is 0 Å². The van der Waals surface area contributed by atoms with Gasteiger partial charge in [-0.1, -0.05) is 26.8 Å². The molecule has 0 spiro atoms. The summed E-state index contributed by atoms with van der Waals surface area (Å²) in [5.41, 5.74) is 2.80. The molecule has 6 heteroatoms. The van der Waals surface area contributed by atoms with E-state index in [1.807, 2.05) is 11.8 Å². The summed E-state index contributed by atoms with van der Waals surface area (Å²) >= 11 is 0. The number of fused-ring (bicyclic) bond motifs is 1. The van der Waals surface area contributed by atoms with E-state index in [1.54, 1.807) is 12.4 Å². The van der Waals surface area contributed by atoms with Gasteiger partial charge in [-0.3, -0.25) is 9.59 Å². The van der Waals surface area contributed by atoms with Crippen molar-refractivity contribution in [1.82, 2.24) is 19.9 Å². The van der Waals surface area contributed by atoms with E-state index in [4.69, 9.17) is 4.98 Å². The van der Waals surface area contributed by atoms with E-state index in [1.165, 1.54) is 6.08 Å². The molecule has 6 nitrogen and oxygen atoms in total. The number of aromatic amines is 1. The second kappa shape index (κ2) is 7.81. The van der Waals surface area contributed by atoms with Gasteiger partial charge in [0.2, 0.25) is 5.91 Å². The average molecular weight is 354 g/mol. The molecule has 2 aromatic rings. The molecule has 26 heavy (non-hydrogen) atoms. The smallest absolute Gasteiger partial charge is 0.245 e. The molecule has 0 saturated carbocycles. The minimum atomic E-state index is -0.00873. The van der Waals surface area contributed by atoms with Crippen molar-refractivity contribution in [3.63, 3.8) is 0 Å². The van der Waals surface area contributed by atoms with Gasteiger partial charge in [0.05, 0.1) is 17.5 Å². The van der Waals surface area contributed by atoms with Crippen molar-refractivity contribution < 1.29 is 9.59 Å². The predicted octanol–water partition coefficient (Wildman–Crippen LogP) is 3.15. The number of carbonyl (C=O) groups is 2. The number of hydrogen-bond donors (Lipinski definition) is 1. The van der Waals surface area contributed by atoms with Crippen molar-refractivity contribution in [3.05, 3.63) is 36.3 Å². The van der Waals surface area contributed by atoms with E-state index in [-0.39, 0.29) is 11.7 Å². The first-order valence-electron chi connectivity index (χ1n) is 9.34. The molecule has 2 aromatic heterocycles. The fourth-order valence-electron chi connectivity index (χ4n) is 3.81. The number of nitrogens with zero attached hydrogens (tertiary/aromatic N) is 3. The first-order chi connectivity index (χ1) is 12.6. The van der Waals surface area contributed by atoms with Crippen molar-refractivity contribution in [1.29, 1.82) is 0 Å². The minimum Gasteiger partial charge on any atom is -0.344 e. The minimum absolute atomic E-state index is 0.00873. The summed E-state index contributed by atoms with van der Waals surface area (Å²) in [6, 6.07) is 0. The molecule has 3 heterocycles. The molecule has 1 saturated heterocycles. The van der Waals surface area contributed by atoms with Gasteiger partial charge in [0, 0.05) is 25.7 Å². The van der Waals surface area contributed by atoms with Gasteiger partial charge in [-0.15, -0.1) is 0 Å². The van der Waals surface area contributed by atoms with Crippen molar-refractivity contribution in [2.45, 2.75) is 39.5 Å². The first-order valence-corrected chi connectivity index (χ1v) is 9.34. The third-order valence-electron chi connectivity index (χ3n) is 5.27. The van der Waals surface area contributed by atoms with Crippen molar-refractivity contribution in [2.75, 3.05) is 13.1 Å². The van der Waals surface area contributed by atoms with Crippen molar-refractivity contribution >= 4 is 22.9 Å². The number of hydrogen-bond acceptors (Lipinski definition) is 4. The summed E-state index contributed by atoms with van der Waals surface area (Å²) in [5.74, 6) is 0.888. The van der Waals surface area contributed by atoms with Crippen molar-refractivity contribution in [3.8, 4) is 0 Å². The molecule has 0 radical (unpaired) electrons. The molecule has 3 rings (SSSR count). The molecule has 1 amide bonds. The van der Waals surface area contributed by atoms with Gasteiger partial charge in [-0.05, 0) is 30.8 Å². The Morgan fingerprint density at radius 3 is 2.81 bits per heavy atom. The zero-order chi connectivity index (χ0) is 18.7. The molecule has 138 valence electrons. The van der Waals surface area contributed by atoms with E-state index >= 15 is 0 Å². The second-order valence-corrected chi connectivity index (χ2v) is 7.01. The normalized spacial score (nSPS) is 19.8. The lowest BCUT2D eigenvalue weighted by molar-refractivity contribution is -0.125. The van der Waals surface area contributed by atoms with Crippen LogP contribution in [0.3, 0.4) is 0 Å². The van der Waals surface area contributed by atoms with E-state index < -0.39 is 0 Å². The molecule has 1 aliphatic rings. The van der Waals surface area contributed by atoms with Crippen LogP contribution < -0.4 is 0 Å². The highest BCUT2D eigenvalue weighted by Crippen LogP contribution is 2.29. The van der Waals surface area contributed by atoms with Gasteiger partial charge in [0.25, 0.3) is 0 Å². The lowest BCUT2D eigenvalue weighted by atomic mass is 9.90. The lowest BCUT2D eigenvalue weighted by Crippen LogP contribution is -2.27. The van der Waals surface area contributed by atoms with Crippen LogP contribution in [0.5, 0.6) is 0 Å². The summed E-state index contributed by atoms with van der Waals surface area (Å²) in [5, 5.41) is 0. The molecule has 0 bridgehead atoms. The molecule has 0 aliphatic carbocycles. The lowest BCUT2D eigenvalue weighted by Gasteiger charge is -2.15. The van der Waals surface area contributed by atoms with Crippen LogP contribution in [0.15, 0.2) is 25.0 Å². The third kappa shape index (κ3) is 3.54.